The summed E-state index contributed by atoms with van der Waals surface area (Å²) in [7, 11) is 0. The average Bonchev–Trinajstić information content (AvgIpc) is 3.18. The van der Waals surface area contributed by atoms with Gasteiger partial charge in [0.25, 0.3) is 11.9 Å². The molecule has 0 saturated heterocycles. The van der Waals surface area contributed by atoms with E-state index in [2.05, 4.69) is 5.32 Å². The zero-order valence-electron chi connectivity index (χ0n) is 12.4. The molecule has 1 amide bonds. The molecular formula is C17H17NO5. The Bertz CT molecular complexity index is 694. The molecule has 1 aromatic carbocycles. The highest BCUT2D eigenvalue weighted by atomic mass is 16.6. The van der Waals surface area contributed by atoms with Crippen molar-refractivity contribution in [2.24, 2.45) is 5.92 Å². The topological polar surface area (TPSA) is 88.8 Å². The molecule has 2 aromatic rings. The first-order chi connectivity index (χ1) is 11.1. The fraction of sp³-hybridized carbons (Fsp3) is 0.294. The Labute approximate surface area is 133 Å². The number of aliphatic carboxylic acids is 1. The number of benzene rings is 1. The summed E-state index contributed by atoms with van der Waals surface area (Å²) < 4.78 is 10.9. The van der Waals surface area contributed by atoms with E-state index in [1.54, 1.807) is 18.2 Å². The standard InChI is InChI=1S/C17H17NO5/c19-16(18-12-7-6-11(10-12)17(20)21)14-8-9-15(23-14)22-13-4-2-1-3-5-13/h1-5,8-9,11-12H,6-7,10H2,(H,18,19)(H,20,21)/t11-,12+/m0/s1. The lowest BCUT2D eigenvalue weighted by atomic mass is 10.1. The molecular weight excluding hydrogens is 298 g/mol. The van der Waals surface area contributed by atoms with Gasteiger partial charge in [-0.05, 0) is 37.5 Å². The van der Waals surface area contributed by atoms with Crippen LogP contribution >= 0.6 is 0 Å². The number of rotatable bonds is 5. The van der Waals surface area contributed by atoms with Gasteiger partial charge in [0.2, 0.25) is 0 Å². The number of carboxylic acid groups (broad SMARTS) is 1. The van der Waals surface area contributed by atoms with Crippen molar-refractivity contribution in [3.05, 3.63) is 48.2 Å². The lowest BCUT2D eigenvalue weighted by Crippen LogP contribution is -2.33. The van der Waals surface area contributed by atoms with Gasteiger partial charge in [-0.2, -0.15) is 0 Å². The van der Waals surface area contributed by atoms with E-state index in [0.717, 1.165) is 0 Å². The van der Waals surface area contributed by atoms with Crippen molar-refractivity contribution in [1.82, 2.24) is 5.32 Å². The second kappa shape index (κ2) is 6.56. The predicted molar refractivity (Wildman–Crippen MR) is 81.5 cm³/mol. The first-order valence-corrected chi connectivity index (χ1v) is 7.48. The summed E-state index contributed by atoms with van der Waals surface area (Å²) in [6.07, 6.45) is 1.70. The third kappa shape index (κ3) is 3.71. The molecule has 2 atom stereocenters. The van der Waals surface area contributed by atoms with Crippen LogP contribution < -0.4 is 10.1 Å². The van der Waals surface area contributed by atoms with E-state index in [4.69, 9.17) is 14.3 Å². The minimum absolute atomic E-state index is 0.132. The molecule has 0 spiro atoms. The third-order valence-corrected chi connectivity index (χ3v) is 3.88. The molecule has 1 fully saturated rings. The Morgan fingerprint density at radius 2 is 1.91 bits per heavy atom. The molecule has 6 nitrogen and oxygen atoms in total. The van der Waals surface area contributed by atoms with Crippen molar-refractivity contribution < 1.29 is 23.8 Å². The smallest absolute Gasteiger partial charge is 0.306 e. The highest BCUT2D eigenvalue weighted by Crippen LogP contribution is 2.27. The van der Waals surface area contributed by atoms with Crippen molar-refractivity contribution >= 4 is 11.9 Å². The molecule has 6 heteroatoms. The summed E-state index contributed by atoms with van der Waals surface area (Å²) in [4.78, 5) is 23.1. The van der Waals surface area contributed by atoms with Gasteiger partial charge in [0, 0.05) is 12.1 Å². The summed E-state index contributed by atoms with van der Waals surface area (Å²) in [5, 5.41) is 11.8. The number of ether oxygens (including phenoxy) is 1. The number of amides is 1. The quantitative estimate of drug-likeness (QED) is 0.885. The number of nitrogens with one attached hydrogen (secondary N) is 1. The van der Waals surface area contributed by atoms with Gasteiger partial charge in [-0.1, -0.05) is 18.2 Å². The van der Waals surface area contributed by atoms with Gasteiger partial charge in [-0.3, -0.25) is 9.59 Å². The summed E-state index contributed by atoms with van der Waals surface area (Å²) in [5.74, 6) is -0.545. The van der Waals surface area contributed by atoms with Crippen LogP contribution in [0.2, 0.25) is 0 Å². The van der Waals surface area contributed by atoms with E-state index in [-0.39, 0.29) is 29.6 Å². The van der Waals surface area contributed by atoms with E-state index in [1.165, 1.54) is 6.07 Å². The van der Waals surface area contributed by atoms with Crippen LogP contribution in [0.15, 0.2) is 46.9 Å². The summed E-state index contributed by atoms with van der Waals surface area (Å²) >= 11 is 0. The maximum atomic E-state index is 12.1. The molecule has 2 N–H and O–H groups in total. The Kier molecular flexibility index (Phi) is 4.32. The second-order valence-corrected chi connectivity index (χ2v) is 5.55. The Balaban J connectivity index is 1.57. The number of furan rings is 1. The molecule has 120 valence electrons. The number of hydrogen-bond donors (Lipinski definition) is 2. The monoisotopic (exact) mass is 315 g/mol. The normalized spacial score (nSPS) is 20.2. The molecule has 0 aliphatic heterocycles. The van der Waals surface area contributed by atoms with Gasteiger partial charge < -0.3 is 19.6 Å². The summed E-state index contributed by atoms with van der Waals surface area (Å²) in [6.45, 7) is 0. The highest BCUT2D eigenvalue weighted by Gasteiger charge is 2.31. The zero-order chi connectivity index (χ0) is 16.2. The largest absolute Gasteiger partial charge is 0.481 e. The van der Waals surface area contributed by atoms with Crippen molar-refractivity contribution in [2.75, 3.05) is 0 Å². The van der Waals surface area contributed by atoms with Crippen molar-refractivity contribution in [3.63, 3.8) is 0 Å². The fourth-order valence-corrected chi connectivity index (χ4v) is 2.70. The predicted octanol–water partition coefficient (Wildman–Crippen LogP) is 3.06. The zero-order valence-corrected chi connectivity index (χ0v) is 12.4. The molecule has 0 radical (unpaired) electrons. The van der Waals surface area contributed by atoms with E-state index in [1.807, 2.05) is 18.2 Å². The molecule has 1 saturated carbocycles. The highest BCUT2D eigenvalue weighted by molar-refractivity contribution is 5.91. The lowest BCUT2D eigenvalue weighted by Gasteiger charge is -2.10. The minimum atomic E-state index is -0.807. The van der Waals surface area contributed by atoms with Crippen LogP contribution in [0.4, 0.5) is 0 Å². The van der Waals surface area contributed by atoms with Gasteiger partial charge in [0.1, 0.15) is 5.75 Å². The number of para-hydroxylation sites is 1. The molecule has 1 aliphatic carbocycles. The number of carboxylic acids is 1. The van der Waals surface area contributed by atoms with Crippen LogP contribution in [-0.4, -0.2) is 23.0 Å². The van der Waals surface area contributed by atoms with E-state index in [9.17, 15) is 9.59 Å². The molecule has 0 unspecified atom stereocenters. The molecule has 23 heavy (non-hydrogen) atoms. The minimum Gasteiger partial charge on any atom is -0.481 e. The van der Waals surface area contributed by atoms with E-state index < -0.39 is 5.97 Å². The van der Waals surface area contributed by atoms with Gasteiger partial charge in [-0.15, -0.1) is 0 Å². The first-order valence-electron chi connectivity index (χ1n) is 7.48. The summed E-state index contributed by atoms with van der Waals surface area (Å²) in [5.41, 5.74) is 0. The molecule has 0 bridgehead atoms. The van der Waals surface area contributed by atoms with Gasteiger partial charge in [0.05, 0.1) is 5.92 Å². The Morgan fingerprint density at radius 1 is 1.13 bits per heavy atom. The average molecular weight is 315 g/mol. The van der Waals surface area contributed by atoms with Crippen LogP contribution in [0.25, 0.3) is 0 Å². The van der Waals surface area contributed by atoms with Crippen molar-refractivity contribution in [3.8, 4) is 11.7 Å². The van der Waals surface area contributed by atoms with Crippen molar-refractivity contribution in [1.29, 1.82) is 0 Å². The van der Waals surface area contributed by atoms with Crippen LogP contribution in [0, 0.1) is 5.92 Å². The van der Waals surface area contributed by atoms with Crippen LogP contribution in [0.5, 0.6) is 11.7 Å². The van der Waals surface area contributed by atoms with E-state index in [0.29, 0.717) is 25.0 Å². The van der Waals surface area contributed by atoms with Gasteiger partial charge >= 0.3 is 5.97 Å². The van der Waals surface area contributed by atoms with Crippen molar-refractivity contribution in [2.45, 2.75) is 25.3 Å². The van der Waals surface area contributed by atoms with Gasteiger partial charge in [0.15, 0.2) is 5.76 Å². The van der Waals surface area contributed by atoms with Crippen LogP contribution in [0.3, 0.4) is 0 Å². The second-order valence-electron chi connectivity index (χ2n) is 5.55. The van der Waals surface area contributed by atoms with Crippen LogP contribution in [0.1, 0.15) is 29.8 Å². The molecule has 1 aliphatic rings. The molecule has 1 aromatic heterocycles. The molecule has 1 heterocycles. The molecule has 3 rings (SSSR count). The number of carbonyl (C=O) groups is 2. The third-order valence-electron chi connectivity index (χ3n) is 3.88. The first kappa shape index (κ1) is 15.1. The fourth-order valence-electron chi connectivity index (χ4n) is 2.70. The lowest BCUT2D eigenvalue weighted by molar-refractivity contribution is -0.141. The van der Waals surface area contributed by atoms with Gasteiger partial charge in [-0.25, -0.2) is 0 Å². The number of carbonyl (C=O) groups excluding carboxylic acids is 1. The Hall–Kier alpha value is -2.76. The number of hydrogen-bond acceptors (Lipinski definition) is 4. The maximum absolute atomic E-state index is 12.1. The Morgan fingerprint density at radius 3 is 2.61 bits per heavy atom. The van der Waals surface area contributed by atoms with E-state index >= 15 is 0 Å². The SMILES string of the molecule is O=C(N[C@@H]1CC[C@H](C(=O)O)C1)c1ccc(Oc2ccccc2)o1. The van der Waals surface area contributed by atoms with Crippen LogP contribution in [-0.2, 0) is 4.79 Å². The maximum Gasteiger partial charge on any atom is 0.306 e. The summed E-state index contributed by atoms with van der Waals surface area (Å²) in [6, 6.07) is 12.1.